The first-order chi connectivity index (χ1) is 11.0. The van der Waals surface area contributed by atoms with Gasteiger partial charge >= 0.3 is 0 Å². The van der Waals surface area contributed by atoms with E-state index >= 15 is 0 Å². The lowest BCUT2D eigenvalue weighted by Crippen LogP contribution is -2.19. The van der Waals surface area contributed by atoms with Crippen molar-refractivity contribution in [3.8, 4) is 5.75 Å². The lowest BCUT2D eigenvalue weighted by atomic mass is 10.0. The molecule has 0 heterocycles. The minimum atomic E-state index is -1.03. The molecule has 1 N–H and O–H groups in total. The summed E-state index contributed by atoms with van der Waals surface area (Å²) in [4.78, 5) is 11.9. The Morgan fingerprint density at radius 1 is 1.26 bits per heavy atom. The number of hydrogen-bond acceptors (Lipinski definition) is 4. The van der Waals surface area contributed by atoms with Gasteiger partial charge in [-0.05, 0) is 43.5 Å². The number of hydrogen-bond donors (Lipinski definition) is 1. The molecule has 0 bridgehead atoms. The molecular formula is C18H26O4S. The number of aliphatic hydroxyl groups is 1. The maximum absolute atomic E-state index is 11.9. The minimum absolute atomic E-state index is 0.253. The molecule has 1 aromatic carbocycles. The Hall–Kier alpha value is -1.46. The highest BCUT2D eigenvalue weighted by atomic mass is 32.2. The average molecular weight is 338 g/mol. The summed E-state index contributed by atoms with van der Waals surface area (Å²) >= 11 is 0. The second kappa shape index (κ2) is 11.1. The zero-order chi connectivity index (χ0) is 17.1. The van der Waals surface area contributed by atoms with Crippen LogP contribution in [0.3, 0.4) is 0 Å². The molecule has 0 saturated heterocycles. The topological polar surface area (TPSA) is 63.6 Å². The second-order valence-electron chi connectivity index (χ2n) is 5.47. The molecule has 1 aromatic rings. The monoisotopic (exact) mass is 338 g/mol. The van der Waals surface area contributed by atoms with Gasteiger partial charge in [0, 0.05) is 28.4 Å². The second-order valence-corrected chi connectivity index (χ2v) is 7.02. The van der Waals surface area contributed by atoms with Crippen molar-refractivity contribution in [3.05, 3.63) is 42.5 Å². The van der Waals surface area contributed by atoms with Crippen molar-refractivity contribution in [2.75, 3.05) is 18.6 Å². The molecule has 0 aromatic heterocycles. The fourth-order valence-corrected chi connectivity index (χ4v) is 2.73. The summed E-state index contributed by atoms with van der Waals surface area (Å²) in [6, 6.07) is 6.82. The summed E-state index contributed by atoms with van der Waals surface area (Å²) < 4.78 is 16.5. The van der Waals surface area contributed by atoms with E-state index in [0.717, 1.165) is 37.2 Å². The van der Waals surface area contributed by atoms with Crippen LogP contribution >= 0.6 is 0 Å². The highest BCUT2D eigenvalue weighted by molar-refractivity contribution is 7.84. The summed E-state index contributed by atoms with van der Waals surface area (Å²) in [6.07, 6.45) is 6.55. The van der Waals surface area contributed by atoms with Crippen molar-refractivity contribution < 1.29 is 18.8 Å². The summed E-state index contributed by atoms with van der Waals surface area (Å²) in [5.74, 6) is 1.19. The molecule has 1 rings (SSSR count). The van der Waals surface area contributed by atoms with Gasteiger partial charge in [-0.1, -0.05) is 18.9 Å². The third-order valence-corrected chi connectivity index (χ3v) is 4.29. The number of ether oxygens (including phenoxy) is 1. The number of Topliss-reactive ketones (excluding diaryl/α,β-unsaturated/α-hetero) is 1. The average Bonchev–Trinajstić information content (AvgIpc) is 2.54. The molecule has 2 atom stereocenters. The third kappa shape index (κ3) is 8.09. The summed E-state index contributed by atoms with van der Waals surface area (Å²) in [6.45, 7) is 4.14. The van der Waals surface area contributed by atoms with Crippen molar-refractivity contribution in [1.82, 2.24) is 0 Å². The normalized spacial score (nSPS) is 13.3. The van der Waals surface area contributed by atoms with Gasteiger partial charge in [-0.15, -0.1) is 6.58 Å². The Labute approximate surface area is 141 Å². The van der Waals surface area contributed by atoms with Crippen LogP contribution in [0, 0.1) is 0 Å². The first kappa shape index (κ1) is 19.6. The van der Waals surface area contributed by atoms with E-state index in [1.165, 1.54) is 6.08 Å². The van der Waals surface area contributed by atoms with Crippen LogP contribution in [0.1, 0.15) is 42.5 Å². The number of carbonyl (C=O) groups is 1. The number of rotatable bonds is 12. The van der Waals surface area contributed by atoms with Gasteiger partial charge in [0.25, 0.3) is 0 Å². The van der Waals surface area contributed by atoms with Gasteiger partial charge in [-0.3, -0.25) is 9.00 Å². The minimum Gasteiger partial charge on any atom is -0.494 e. The molecule has 128 valence electrons. The van der Waals surface area contributed by atoms with E-state index in [4.69, 9.17) is 4.74 Å². The number of ketones is 1. The van der Waals surface area contributed by atoms with E-state index in [-0.39, 0.29) is 12.2 Å². The summed E-state index contributed by atoms with van der Waals surface area (Å²) in [5, 5.41) is 9.65. The lowest BCUT2D eigenvalue weighted by Gasteiger charge is -2.09. The van der Waals surface area contributed by atoms with Crippen molar-refractivity contribution in [2.24, 2.45) is 0 Å². The summed E-state index contributed by atoms with van der Waals surface area (Å²) in [5.41, 5.74) is 0.472. The van der Waals surface area contributed by atoms with Crippen molar-refractivity contribution in [1.29, 1.82) is 0 Å². The largest absolute Gasteiger partial charge is 0.494 e. The molecule has 23 heavy (non-hydrogen) atoms. The quantitative estimate of drug-likeness (QED) is 0.361. The summed E-state index contributed by atoms with van der Waals surface area (Å²) in [7, 11) is -0.696. The van der Waals surface area contributed by atoms with Crippen LogP contribution in [-0.4, -0.2) is 39.8 Å². The maximum atomic E-state index is 11.9. The van der Waals surface area contributed by atoms with E-state index in [1.54, 1.807) is 30.5 Å². The van der Waals surface area contributed by atoms with E-state index in [1.807, 2.05) is 0 Å². The van der Waals surface area contributed by atoms with E-state index in [9.17, 15) is 14.1 Å². The van der Waals surface area contributed by atoms with Crippen LogP contribution < -0.4 is 4.74 Å². The predicted octanol–water partition coefficient (Wildman–Crippen LogP) is 3.12. The third-order valence-electron chi connectivity index (χ3n) is 3.43. The van der Waals surface area contributed by atoms with Crippen molar-refractivity contribution in [3.63, 3.8) is 0 Å². The molecule has 4 nitrogen and oxygen atoms in total. The maximum Gasteiger partial charge on any atom is 0.191 e. The highest BCUT2D eigenvalue weighted by Gasteiger charge is 2.15. The lowest BCUT2D eigenvalue weighted by molar-refractivity contribution is 0.0753. The van der Waals surface area contributed by atoms with Gasteiger partial charge in [0.05, 0.1) is 6.61 Å². The first-order valence-corrected chi connectivity index (χ1v) is 9.63. The molecule has 0 saturated carbocycles. The molecule has 0 fully saturated rings. The number of carbonyl (C=O) groups excluding carboxylic acids is 1. The number of unbranched alkanes of at least 4 members (excludes halogenated alkanes) is 3. The molecule has 5 heteroatoms. The zero-order valence-corrected chi connectivity index (χ0v) is 14.5. The molecule has 0 spiro atoms. The van der Waals surface area contributed by atoms with Gasteiger partial charge in [0.2, 0.25) is 0 Å². The van der Waals surface area contributed by atoms with Crippen LogP contribution in [0.5, 0.6) is 5.75 Å². The fourth-order valence-electron chi connectivity index (χ4n) is 2.12. The standard InChI is InChI=1S/C18H26O4S/c1-3-8-17(19)18(20)15-9-11-16(12-10-15)22-13-6-4-5-7-14-23(2)21/h3,9-12,17,19H,1,4-8,13-14H2,2H3. The van der Waals surface area contributed by atoms with E-state index < -0.39 is 16.9 Å². The van der Waals surface area contributed by atoms with E-state index in [2.05, 4.69) is 6.58 Å². The predicted molar refractivity (Wildman–Crippen MR) is 94.5 cm³/mol. The van der Waals surface area contributed by atoms with Crippen molar-refractivity contribution in [2.45, 2.75) is 38.2 Å². The first-order valence-electron chi connectivity index (χ1n) is 7.90. The van der Waals surface area contributed by atoms with Gasteiger partial charge in [-0.25, -0.2) is 0 Å². The molecule has 0 amide bonds. The van der Waals surface area contributed by atoms with Crippen LogP contribution in [-0.2, 0) is 10.8 Å². The smallest absolute Gasteiger partial charge is 0.191 e. The molecular weight excluding hydrogens is 312 g/mol. The Balaban J connectivity index is 2.27. The van der Waals surface area contributed by atoms with E-state index in [0.29, 0.717) is 12.2 Å². The van der Waals surface area contributed by atoms with Crippen molar-refractivity contribution >= 4 is 16.6 Å². The molecule has 0 aliphatic rings. The zero-order valence-electron chi connectivity index (χ0n) is 13.7. The Morgan fingerprint density at radius 2 is 1.91 bits per heavy atom. The number of aliphatic hydroxyl groups excluding tert-OH is 1. The van der Waals surface area contributed by atoms with Gasteiger partial charge < -0.3 is 9.84 Å². The SMILES string of the molecule is C=CCC(O)C(=O)c1ccc(OCCCCCCS(C)=O)cc1. The Kier molecular flexibility index (Phi) is 9.48. The van der Waals surface area contributed by atoms with Gasteiger partial charge in [0.1, 0.15) is 11.9 Å². The Morgan fingerprint density at radius 3 is 2.52 bits per heavy atom. The van der Waals surface area contributed by atoms with Crippen LogP contribution in [0.25, 0.3) is 0 Å². The van der Waals surface area contributed by atoms with Crippen LogP contribution in [0.15, 0.2) is 36.9 Å². The van der Waals surface area contributed by atoms with Gasteiger partial charge in [-0.2, -0.15) is 0 Å². The highest BCUT2D eigenvalue weighted by Crippen LogP contribution is 2.15. The fraction of sp³-hybridized carbons (Fsp3) is 0.500. The van der Waals surface area contributed by atoms with Crippen LogP contribution in [0.2, 0.25) is 0 Å². The number of benzene rings is 1. The molecule has 0 radical (unpaired) electrons. The Bertz CT molecular complexity index is 510. The molecule has 0 aliphatic carbocycles. The van der Waals surface area contributed by atoms with Crippen LogP contribution in [0.4, 0.5) is 0 Å². The molecule has 2 unspecified atom stereocenters. The van der Waals surface area contributed by atoms with Gasteiger partial charge in [0.15, 0.2) is 5.78 Å². The molecule has 0 aliphatic heterocycles.